The number of ketones is 1. The molecule has 0 unspecified atom stereocenters. The summed E-state index contributed by atoms with van der Waals surface area (Å²) in [5, 5.41) is 0. The third-order valence-electron chi connectivity index (χ3n) is 1.88. The largest absolute Gasteiger partial charge is 0.497 e. The lowest BCUT2D eigenvalue weighted by molar-refractivity contribution is 0.0806. The summed E-state index contributed by atoms with van der Waals surface area (Å²) >= 11 is 0. The average molecular weight is 206 g/mol. The van der Waals surface area contributed by atoms with Crippen LogP contribution < -0.4 is 4.74 Å². The summed E-state index contributed by atoms with van der Waals surface area (Å²) in [5.74, 6) is 0.693. The number of Topliss-reactive ketones (excluding diaryl/α,β-unsaturated/α-hetero) is 1. The Kier molecular flexibility index (Phi) is 4.57. The first-order chi connectivity index (χ1) is 7.27. The first-order valence-electron chi connectivity index (χ1n) is 4.64. The van der Waals surface area contributed by atoms with Gasteiger partial charge in [-0.15, -0.1) is 6.58 Å². The predicted molar refractivity (Wildman–Crippen MR) is 58.3 cm³/mol. The molecule has 15 heavy (non-hydrogen) atoms. The molecule has 0 aliphatic carbocycles. The second kappa shape index (κ2) is 5.98. The van der Waals surface area contributed by atoms with Gasteiger partial charge < -0.3 is 9.47 Å². The molecule has 1 rings (SSSR count). The number of ether oxygens (including phenoxy) is 2. The van der Waals surface area contributed by atoms with Crippen molar-refractivity contribution in [1.29, 1.82) is 0 Å². The van der Waals surface area contributed by atoms with E-state index in [2.05, 4.69) is 6.58 Å². The van der Waals surface area contributed by atoms with Crippen molar-refractivity contribution in [3.05, 3.63) is 42.5 Å². The number of rotatable bonds is 6. The second-order valence-corrected chi connectivity index (χ2v) is 2.96. The van der Waals surface area contributed by atoms with Gasteiger partial charge >= 0.3 is 0 Å². The van der Waals surface area contributed by atoms with Crippen LogP contribution in [0.4, 0.5) is 0 Å². The minimum Gasteiger partial charge on any atom is -0.497 e. The highest BCUT2D eigenvalue weighted by atomic mass is 16.5. The standard InChI is InChI=1S/C12H14O3/c1-3-8-15-9-12(13)10-4-6-11(14-2)7-5-10/h3-7H,1,8-9H2,2H3. The zero-order valence-electron chi connectivity index (χ0n) is 8.73. The maximum absolute atomic E-state index is 11.5. The van der Waals surface area contributed by atoms with E-state index in [1.807, 2.05) is 0 Å². The van der Waals surface area contributed by atoms with Gasteiger partial charge in [-0.05, 0) is 24.3 Å². The maximum Gasteiger partial charge on any atom is 0.188 e. The van der Waals surface area contributed by atoms with Crippen LogP contribution in [-0.2, 0) is 4.74 Å². The minimum atomic E-state index is -0.0421. The van der Waals surface area contributed by atoms with Gasteiger partial charge in [0.15, 0.2) is 5.78 Å². The predicted octanol–water partition coefficient (Wildman–Crippen LogP) is 2.08. The summed E-state index contributed by atoms with van der Waals surface area (Å²) in [4.78, 5) is 11.5. The van der Waals surface area contributed by atoms with Crippen molar-refractivity contribution >= 4 is 5.78 Å². The van der Waals surface area contributed by atoms with E-state index in [1.165, 1.54) is 0 Å². The number of carbonyl (C=O) groups is 1. The van der Waals surface area contributed by atoms with Crippen LogP contribution in [-0.4, -0.2) is 26.1 Å². The van der Waals surface area contributed by atoms with E-state index in [0.29, 0.717) is 12.2 Å². The molecule has 0 bridgehead atoms. The Morgan fingerprint density at radius 3 is 2.60 bits per heavy atom. The SMILES string of the molecule is C=CCOCC(=O)c1ccc(OC)cc1. The van der Waals surface area contributed by atoms with Crippen molar-refractivity contribution in [3.63, 3.8) is 0 Å². The first kappa shape index (κ1) is 11.5. The van der Waals surface area contributed by atoms with Crippen molar-refractivity contribution in [2.45, 2.75) is 0 Å². The van der Waals surface area contributed by atoms with E-state index >= 15 is 0 Å². The summed E-state index contributed by atoms with van der Waals surface area (Å²) < 4.78 is 10.0. The van der Waals surface area contributed by atoms with Crippen LogP contribution >= 0.6 is 0 Å². The summed E-state index contributed by atoms with van der Waals surface area (Å²) in [7, 11) is 1.59. The quantitative estimate of drug-likeness (QED) is 0.406. The Morgan fingerprint density at radius 1 is 1.40 bits per heavy atom. The summed E-state index contributed by atoms with van der Waals surface area (Å²) in [5.41, 5.74) is 0.625. The van der Waals surface area contributed by atoms with Gasteiger partial charge in [0.2, 0.25) is 0 Å². The summed E-state index contributed by atoms with van der Waals surface area (Å²) in [6.07, 6.45) is 1.61. The Morgan fingerprint density at radius 2 is 2.07 bits per heavy atom. The molecule has 0 aliphatic heterocycles. The smallest absolute Gasteiger partial charge is 0.188 e. The highest BCUT2D eigenvalue weighted by Gasteiger charge is 2.05. The maximum atomic E-state index is 11.5. The molecule has 1 aromatic rings. The lowest BCUT2D eigenvalue weighted by Gasteiger charge is -2.02. The second-order valence-electron chi connectivity index (χ2n) is 2.96. The monoisotopic (exact) mass is 206 g/mol. The van der Waals surface area contributed by atoms with Gasteiger partial charge in [0.25, 0.3) is 0 Å². The van der Waals surface area contributed by atoms with Crippen molar-refractivity contribution in [1.82, 2.24) is 0 Å². The third kappa shape index (κ3) is 3.56. The van der Waals surface area contributed by atoms with E-state index in [9.17, 15) is 4.79 Å². The summed E-state index contributed by atoms with van der Waals surface area (Å²) in [6.45, 7) is 3.97. The number of methoxy groups -OCH3 is 1. The number of carbonyl (C=O) groups excluding carboxylic acids is 1. The molecule has 80 valence electrons. The van der Waals surface area contributed by atoms with Gasteiger partial charge in [0.1, 0.15) is 12.4 Å². The third-order valence-corrected chi connectivity index (χ3v) is 1.88. The molecule has 0 N–H and O–H groups in total. The van der Waals surface area contributed by atoms with Crippen LogP contribution in [0.15, 0.2) is 36.9 Å². The van der Waals surface area contributed by atoms with E-state index in [-0.39, 0.29) is 12.4 Å². The molecule has 0 heterocycles. The highest BCUT2D eigenvalue weighted by Crippen LogP contribution is 2.11. The fourth-order valence-electron chi connectivity index (χ4n) is 1.10. The highest BCUT2D eigenvalue weighted by molar-refractivity contribution is 5.97. The zero-order chi connectivity index (χ0) is 11.1. The van der Waals surface area contributed by atoms with Gasteiger partial charge in [-0.25, -0.2) is 0 Å². The Balaban J connectivity index is 2.54. The molecule has 0 radical (unpaired) electrons. The molecule has 1 aromatic carbocycles. The Hall–Kier alpha value is -1.61. The summed E-state index contributed by atoms with van der Waals surface area (Å²) in [6, 6.07) is 6.94. The zero-order valence-corrected chi connectivity index (χ0v) is 8.73. The van der Waals surface area contributed by atoms with Crippen molar-refractivity contribution in [3.8, 4) is 5.75 Å². The van der Waals surface area contributed by atoms with Gasteiger partial charge in [-0.1, -0.05) is 6.08 Å². The van der Waals surface area contributed by atoms with Crippen molar-refractivity contribution < 1.29 is 14.3 Å². The molecule has 0 fully saturated rings. The molecule has 3 heteroatoms. The lowest BCUT2D eigenvalue weighted by Crippen LogP contribution is -2.08. The van der Waals surface area contributed by atoms with Crippen LogP contribution in [0.1, 0.15) is 10.4 Å². The molecule has 0 aromatic heterocycles. The molecular formula is C12H14O3. The van der Waals surface area contributed by atoms with Crippen LogP contribution in [0.5, 0.6) is 5.75 Å². The minimum absolute atomic E-state index is 0.0421. The van der Waals surface area contributed by atoms with Gasteiger partial charge in [0.05, 0.1) is 13.7 Å². The van der Waals surface area contributed by atoms with E-state index < -0.39 is 0 Å². The van der Waals surface area contributed by atoms with Crippen LogP contribution in [0.2, 0.25) is 0 Å². The number of hydrogen-bond acceptors (Lipinski definition) is 3. The Labute approximate surface area is 89.3 Å². The Bertz CT molecular complexity index is 327. The van der Waals surface area contributed by atoms with Crippen LogP contribution in [0.25, 0.3) is 0 Å². The van der Waals surface area contributed by atoms with Crippen molar-refractivity contribution in [2.24, 2.45) is 0 Å². The van der Waals surface area contributed by atoms with E-state index in [4.69, 9.17) is 9.47 Å². The molecule has 0 amide bonds. The molecule has 0 aliphatic rings. The van der Waals surface area contributed by atoms with E-state index in [1.54, 1.807) is 37.5 Å². The molecule has 3 nitrogen and oxygen atoms in total. The molecule has 0 saturated heterocycles. The number of hydrogen-bond donors (Lipinski definition) is 0. The van der Waals surface area contributed by atoms with Crippen LogP contribution in [0, 0.1) is 0 Å². The lowest BCUT2D eigenvalue weighted by atomic mass is 10.1. The topological polar surface area (TPSA) is 35.5 Å². The average Bonchev–Trinajstić information content (AvgIpc) is 2.29. The molecule has 0 atom stereocenters. The fraction of sp³-hybridized carbons (Fsp3) is 0.250. The van der Waals surface area contributed by atoms with Crippen LogP contribution in [0.3, 0.4) is 0 Å². The molecule has 0 spiro atoms. The van der Waals surface area contributed by atoms with Gasteiger partial charge in [-0.3, -0.25) is 4.79 Å². The molecular weight excluding hydrogens is 192 g/mol. The first-order valence-corrected chi connectivity index (χ1v) is 4.64. The van der Waals surface area contributed by atoms with Gasteiger partial charge in [0, 0.05) is 5.56 Å². The normalized spacial score (nSPS) is 9.67. The van der Waals surface area contributed by atoms with Crippen molar-refractivity contribution in [2.75, 3.05) is 20.3 Å². The fourth-order valence-corrected chi connectivity index (χ4v) is 1.10. The molecule has 0 saturated carbocycles. The van der Waals surface area contributed by atoms with Gasteiger partial charge in [-0.2, -0.15) is 0 Å². The van der Waals surface area contributed by atoms with E-state index in [0.717, 1.165) is 5.75 Å². The number of benzene rings is 1.